The maximum Gasteiger partial charge on any atom is 0.203 e. The Morgan fingerprint density at radius 1 is 1.20 bits per heavy atom. The second-order valence-electron chi connectivity index (χ2n) is 6.49. The van der Waals surface area contributed by atoms with Crippen LogP contribution in [0.5, 0.6) is 0 Å². The topological polar surface area (TPSA) is 33.1 Å². The van der Waals surface area contributed by atoms with Crippen LogP contribution in [0.2, 0.25) is 0 Å². The van der Waals surface area contributed by atoms with Crippen LogP contribution in [0.1, 0.15) is 57.9 Å². The number of nitrogens with one attached hydrogen (secondary N) is 1. The minimum atomic E-state index is 0.502. The number of hydrogen-bond donors (Lipinski definition) is 1. The SMILES string of the molecule is CC(CN1CCCC1)n1ccnc1NC1CCCCC1. The number of aromatic nitrogens is 2. The predicted molar refractivity (Wildman–Crippen MR) is 83.1 cm³/mol. The summed E-state index contributed by atoms with van der Waals surface area (Å²) >= 11 is 0. The van der Waals surface area contributed by atoms with Gasteiger partial charge in [-0.1, -0.05) is 19.3 Å². The zero-order valence-corrected chi connectivity index (χ0v) is 12.7. The van der Waals surface area contributed by atoms with Crippen molar-refractivity contribution < 1.29 is 0 Å². The van der Waals surface area contributed by atoms with Gasteiger partial charge in [0.25, 0.3) is 0 Å². The Labute approximate surface area is 122 Å². The third kappa shape index (κ3) is 3.35. The number of likely N-dealkylation sites (tertiary alicyclic amines) is 1. The van der Waals surface area contributed by atoms with E-state index in [2.05, 4.69) is 32.9 Å². The van der Waals surface area contributed by atoms with Gasteiger partial charge < -0.3 is 14.8 Å². The lowest BCUT2D eigenvalue weighted by Gasteiger charge is -2.26. The summed E-state index contributed by atoms with van der Waals surface area (Å²) in [7, 11) is 0. The zero-order chi connectivity index (χ0) is 13.8. The van der Waals surface area contributed by atoms with Crippen molar-refractivity contribution in [1.29, 1.82) is 0 Å². The molecule has 2 heterocycles. The van der Waals surface area contributed by atoms with Gasteiger partial charge in [0.05, 0.1) is 0 Å². The maximum atomic E-state index is 4.54. The van der Waals surface area contributed by atoms with Crippen molar-refractivity contribution in [3.8, 4) is 0 Å². The summed E-state index contributed by atoms with van der Waals surface area (Å²) in [6.07, 6.45) is 13.5. The summed E-state index contributed by atoms with van der Waals surface area (Å²) in [4.78, 5) is 7.12. The molecule has 0 radical (unpaired) electrons. The highest BCUT2D eigenvalue weighted by Gasteiger charge is 2.19. The van der Waals surface area contributed by atoms with Gasteiger partial charge in [-0.05, 0) is 45.7 Å². The van der Waals surface area contributed by atoms with E-state index in [1.54, 1.807) is 0 Å². The molecule has 3 rings (SSSR count). The third-order valence-corrected chi connectivity index (χ3v) is 4.80. The second-order valence-corrected chi connectivity index (χ2v) is 6.49. The van der Waals surface area contributed by atoms with Crippen molar-refractivity contribution in [2.24, 2.45) is 0 Å². The van der Waals surface area contributed by atoms with Crippen LogP contribution in [0, 0.1) is 0 Å². The van der Waals surface area contributed by atoms with Crippen molar-refractivity contribution >= 4 is 5.95 Å². The Balaban J connectivity index is 1.59. The van der Waals surface area contributed by atoms with Crippen molar-refractivity contribution in [2.45, 2.75) is 64.0 Å². The van der Waals surface area contributed by atoms with Gasteiger partial charge in [0, 0.05) is 31.0 Å². The minimum Gasteiger partial charge on any atom is -0.353 e. The van der Waals surface area contributed by atoms with Crippen LogP contribution in [0.25, 0.3) is 0 Å². The highest BCUT2D eigenvalue weighted by Crippen LogP contribution is 2.23. The third-order valence-electron chi connectivity index (χ3n) is 4.80. The number of anilines is 1. The van der Waals surface area contributed by atoms with Crippen LogP contribution in [-0.4, -0.2) is 40.1 Å². The first-order chi connectivity index (χ1) is 9.83. The normalized spacial score (nSPS) is 23.1. The molecule has 0 amide bonds. The fourth-order valence-corrected chi connectivity index (χ4v) is 3.64. The smallest absolute Gasteiger partial charge is 0.203 e. The molecular weight excluding hydrogens is 248 g/mol. The van der Waals surface area contributed by atoms with Gasteiger partial charge >= 0.3 is 0 Å². The molecule has 1 unspecified atom stereocenters. The molecule has 0 spiro atoms. The van der Waals surface area contributed by atoms with Gasteiger partial charge in [-0.2, -0.15) is 0 Å². The molecule has 4 nitrogen and oxygen atoms in total. The Morgan fingerprint density at radius 2 is 1.95 bits per heavy atom. The number of imidazole rings is 1. The zero-order valence-electron chi connectivity index (χ0n) is 12.7. The standard InChI is InChI=1S/C16H28N4/c1-14(13-19-10-5-6-11-19)20-12-9-17-16(20)18-15-7-3-2-4-8-15/h9,12,14-15H,2-8,10-11,13H2,1H3,(H,17,18). The van der Waals surface area contributed by atoms with E-state index in [4.69, 9.17) is 0 Å². The predicted octanol–water partition coefficient (Wildman–Crippen LogP) is 3.28. The molecule has 1 aliphatic heterocycles. The second kappa shape index (κ2) is 6.61. The van der Waals surface area contributed by atoms with Crippen LogP contribution >= 0.6 is 0 Å². The molecule has 1 aromatic rings. The minimum absolute atomic E-state index is 0.502. The molecule has 0 aromatic carbocycles. The highest BCUT2D eigenvalue weighted by molar-refractivity contribution is 5.28. The first-order valence-corrected chi connectivity index (χ1v) is 8.34. The monoisotopic (exact) mass is 276 g/mol. The summed E-state index contributed by atoms with van der Waals surface area (Å²) in [6, 6.07) is 1.13. The first kappa shape index (κ1) is 13.9. The van der Waals surface area contributed by atoms with Crippen LogP contribution in [0.4, 0.5) is 5.95 Å². The van der Waals surface area contributed by atoms with Crippen LogP contribution < -0.4 is 5.32 Å². The van der Waals surface area contributed by atoms with E-state index in [0.29, 0.717) is 12.1 Å². The highest BCUT2D eigenvalue weighted by atomic mass is 15.2. The van der Waals surface area contributed by atoms with E-state index in [-0.39, 0.29) is 0 Å². The molecule has 1 atom stereocenters. The van der Waals surface area contributed by atoms with Gasteiger partial charge in [-0.25, -0.2) is 4.98 Å². The molecule has 1 N–H and O–H groups in total. The Bertz CT molecular complexity index is 402. The van der Waals surface area contributed by atoms with Gasteiger partial charge in [0.2, 0.25) is 5.95 Å². The van der Waals surface area contributed by atoms with Gasteiger partial charge in [-0.3, -0.25) is 0 Å². The number of rotatable bonds is 5. The molecule has 1 saturated carbocycles. The van der Waals surface area contributed by atoms with E-state index in [9.17, 15) is 0 Å². The van der Waals surface area contributed by atoms with E-state index >= 15 is 0 Å². The molecule has 0 bridgehead atoms. The van der Waals surface area contributed by atoms with Crippen molar-refractivity contribution in [2.75, 3.05) is 25.0 Å². The van der Waals surface area contributed by atoms with Gasteiger partial charge in [0.15, 0.2) is 0 Å². The average molecular weight is 276 g/mol. The molecule has 1 saturated heterocycles. The van der Waals surface area contributed by atoms with Crippen LogP contribution in [-0.2, 0) is 0 Å². The lowest BCUT2D eigenvalue weighted by atomic mass is 9.96. The quantitative estimate of drug-likeness (QED) is 0.896. The van der Waals surface area contributed by atoms with Gasteiger partial charge in [-0.15, -0.1) is 0 Å². The molecule has 1 aliphatic carbocycles. The Hall–Kier alpha value is -1.03. The fraction of sp³-hybridized carbons (Fsp3) is 0.812. The van der Waals surface area contributed by atoms with Crippen LogP contribution in [0.15, 0.2) is 12.4 Å². The summed E-state index contributed by atoms with van der Waals surface area (Å²) in [6.45, 7) is 6.00. The van der Waals surface area contributed by atoms with Crippen molar-refractivity contribution in [1.82, 2.24) is 14.5 Å². The summed E-state index contributed by atoms with van der Waals surface area (Å²) < 4.78 is 2.33. The average Bonchev–Trinajstić information content (AvgIpc) is 3.11. The van der Waals surface area contributed by atoms with E-state index < -0.39 is 0 Å². The lowest BCUT2D eigenvalue weighted by molar-refractivity contribution is 0.288. The molecule has 2 aliphatic rings. The number of nitrogens with zero attached hydrogens (tertiary/aromatic N) is 3. The first-order valence-electron chi connectivity index (χ1n) is 8.34. The molecule has 4 heteroatoms. The largest absolute Gasteiger partial charge is 0.353 e. The molecule has 1 aromatic heterocycles. The maximum absolute atomic E-state index is 4.54. The summed E-state index contributed by atoms with van der Waals surface area (Å²) in [5.41, 5.74) is 0. The Morgan fingerprint density at radius 3 is 2.70 bits per heavy atom. The van der Waals surface area contributed by atoms with E-state index in [1.165, 1.54) is 58.0 Å². The van der Waals surface area contributed by atoms with Crippen LogP contribution in [0.3, 0.4) is 0 Å². The molecular formula is C16H28N4. The van der Waals surface area contributed by atoms with Gasteiger partial charge in [0.1, 0.15) is 0 Å². The molecule has 20 heavy (non-hydrogen) atoms. The lowest BCUT2D eigenvalue weighted by Crippen LogP contribution is -2.29. The van der Waals surface area contributed by atoms with Crippen molar-refractivity contribution in [3.05, 3.63) is 12.4 Å². The fourth-order valence-electron chi connectivity index (χ4n) is 3.64. The summed E-state index contributed by atoms with van der Waals surface area (Å²) in [5, 5.41) is 3.67. The summed E-state index contributed by atoms with van der Waals surface area (Å²) in [5.74, 6) is 1.07. The van der Waals surface area contributed by atoms with E-state index in [0.717, 1.165) is 12.5 Å². The number of hydrogen-bond acceptors (Lipinski definition) is 3. The molecule has 2 fully saturated rings. The Kier molecular flexibility index (Phi) is 4.61. The van der Waals surface area contributed by atoms with Crippen molar-refractivity contribution in [3.63, 3.8) is 0 Å². The van der Waals surface area contributed by atoms with E-state index in [1.807, 2.05) is 6.20 Å². The molecule has 112 valence electrons.